The first-order valence-electron chi connectivity index (χ1n) is 22.0. The molecule has 6 aliphatic rings. The van der Waals surface area contributed by atoms with Gasteiger partial charge in [-0.1, -0.05) is 109 Å². The molecule has 4 fully saturated rings. The van der Waals surface area contributed by atoms with Crippen molar-refractivity contribution in [3.05, 3.63) is 84.7 Å². The number of allylic oxidation sites excluding steroid dienone is 8. The molecule has 1 aromatic rings. The largest absolute Gasteiger partial charge is 0.497 e. The van der Waals surface area contributed by atoms with Crippen LogP contribution in [-0.2, 0) is 4.18 Å². The molecule has 1 N–H and O–H groups in total. The Morgan fingerprint density at radius 2 is 1.45 bits per heavy atom. The lowest BCUT2D eigenvalue weighted by molar-refractivity contribution is -0.0370. The summed E-state index contributed by atoms with van der Waals surface area (Å²) in [5, 5.41) is 11.3. The molecule has 4 heteroatoms. The summed E-state index contributed by atoms with van der Waals surface area (Å²) in [7, 11) is 0.755. The van der Waals surface area contributed by atoms with Crippen molar-refractivity contribution >= 4 is 15.8 Å². The van der Waals surface area contributed by atoms with Gasteiger partial charge in [0.05, 0.1) is 17.9 Å². The predicted molar refractivity (Wildman–Crippen MR) is 234 cm³/mol. The lowest BCUT2D eigenvalue weighted by atomic mass is 9.44. The van der Waals surface area contributed by atoms with Gasteiger partial charge in [-0.05, 0) is 165 Å². The average Bonchev–Trinajstić information content (AvgIpc) is 3.15. The van der Waals surface area contributed by atoms with Gasteiger partial charge in [-0.25, -0.2) is 0 Å². The summed E-state index contributed by atoms with van der Waals surface area (Å²) in [5.41, 5.74) is 4.55. The van der Waals surface area contributed by atoms with Crippen LogP contribution in [0.4, 0.5) is 0 Å². The van der Waals surface area contributed by atoms with Gasteiger partial charge in [-0.15, -0.1) is 6.58 Å². The molecule has 4 saturated carbocycles. The lowest BCUT2D eigenvalue weighted by Gasteiger charge is -2.61. The average molecular weight is 767 g/mol. The summed E-state index contributed by atoms with van der Waals surface area (Å²) in [6.07, 6.45) is 30.4. The Hall–Kier alpha value is -2.30. The van der Waals surface area contributed by atoms with E-state index in [0.29, 0.717) is 28.6 Å². The Morgan fingerprint density at radius 1 is 0.836 bits per heavy atom. The molecule has 3 nitrogen and oxygen atoms in total. The van der Waals surface area contributed by atoms with Crippen LogP contribution in [0.5, 0.6) is 5.75 Å². The number of aliphatic hydroxyl groups excluding tert-OH is 1. The molecule has 55 heavy (non-hydrogen) atoms. The lowest BCUT2D eigenvalue weighted by Crippen LogP contribution is -2.52. The van der Waals surface area contributed by atoms with Crippen LogP contribution in [0.25, 0.3) is 0 Å². The fourth-order valence-electron chi connectivity index (χ4n) is 14.0. The van der Waals surface area contributed by atoms with E-state index in [1.165, 1.54) is 70.6 Å². The van der Waals surface area contributed by atoms with Crippen molar-refractivity contribution in [3.63, 3.8) is 0 Å². The van der Waals surface area contributed by atoms with E-state index >= 15 is 0 Å². The molecular formula is C51H74O3S. The van der Waals surface area contributed by atoms with Crippen LogP contribution >= 0.6 is 10.8 Å². The SMILES string of the molecule is C=C[C@@]1(C)CC=C2C(CCC3[C@](C)(C(=C)O/S(=C(/C)O)c4ccc(OC)cc4)CC(/C=C/[C@@]4(C)CC=C5C(CCC6[C@](C)(CC)CCC[C@@]56C)C4)C[C@@]23C)C1. The van der Waals surface area contributed by atoms with Crippen LogP contribution in [0.2, 0.25) is 0 Å². The van der Waals surface area contributed by atoms with Crippen molar-refractivity contribution in [2.24, 2.45) is 62.1 Å². The third-order valence-electron chi connectivity index (χ3n) is 17.2. The maximum atomic E-state index is 11.0. The summed E-state index contributed by atoms with van der Waals surface area (Å²) >= 11 is 0. The highest BCUT2D eigenvalue weighted by Crippen LogP contribution is 2.68. The second-order valence-electron chi connectivity index (χ2n) is 20.9. The van der Waals surface area contributed by atoms with Crippen LogP contribution in [0.3, 0.4) is 0 Å². The maximum Gasteiger partial charge on any atom is 0.118 e. The Balaban J connectivity index is 1.19. The Morgan fingerprint density at radius 3 is 2.07 bits per heavy atom. The van der Waals surface area contributed by atoms with Crippen LogP contribution < -0.4 is 4.74 Å². The Labute approximate surface area is 338 Å². The van der Waals surface area contributed by atoms with Gasteiger partial charge in [-0.2, -0.15) is 0 Å². The Bertz CT molecular complexity index is 1780. The molecule has 0 amide bonds. The normalized spacial score (nSPS) is 43.4. The van der Waals surface area contributed by atoms with E-state index in [2.05, 4.69) is 85.4 Å². The molecule has 7 rings (SSSR count). The van der Waals surface area contributed by atoms with E-state index in [1.807, 2.05) is 29.8 Å². The van der Waals surface area contributed by atoms with E-state index in [1.54, 1.807) is 19.6 Å². The fraction of sp³-hybridized carbons (Fsp3) is 0.667. The molecule has 302 valence electrons. The highest BCUT2D eigenvalue weighted by Gasteiger charge is 2.59. The minimum absolute atomic E-state index is 0.0524. The summed E-state index contributed by atoms with van der Waals surface area (Å²) < 4.78 is 12.4. The van der Waals surface area contributed by atoms with Crippen molar-refractivity contribution in [3.8, 4) is 5.75 Å². The molecule has 0 bridgehead atoms. The summed E-state index contributed by atoms with van der Waals surface area (Å²) in [6, 6.07) is 7.92. The quantitative estimate of drug-likeness (QED) is 0.155. The molecule has 6 unspecified atom stereocenters. The van der Waals surface area contributed by atoms with Crippen LogP contribution in [0.15, 0.2) is 89.6 Å². The summed E-state index contributed by atoms with van der Waals surface area (Å²) in [5.74, 6) is 4.61. The monoisotopic (exact) mass is 767 g/mol. The number of benzene rings is 1. The molecule has 0 aromatic heterocycles. The minimum Gasteiger partial charge on any atom is -0.497 e. The van der Waals surface area contributed by atoms with Crippen molar-refractivity contribution in [2.75, 3.05) is 7.11 Å². The molecule has 6 aliphatic carbocycles. The standard InChI is InChI=1S/C51H74O3S/c1-12-46(5)29-24-43-38(33-46)16-22-45-50(9,35(3)54-55(36(4)52)41-19-17-40(53-11)18-20-41)31-37(32-51(43,45)10)23-28-47(6)30-25-42-39(34-47)15-21-44-48(7,13-2)26-14-27-49(42,44)8/h12,17-20,23-25,28,37-39,44-45,52H,1,3,13-16,21-22,26-27,29-34H2,2,4-11H3/b28-23+/t37?,38?,39?,44?,45?,46-,47-,48+,49-,50-,51-,55?/m0/s1. The number of aliphatic hydroxyl groups is 1. The van der Waals surface area contributed by atoms with E-state index in [4.69, 9.17) is 15.5 Å². The van der Waals surface area contributed by atoms with Crippen molar-refractivity contribution < 1.29 is 14.0 Å². The number of rotatable bonds is 9. The van der Waals surface area contributed by atoms with Gasteiger partial charge in [0.2, 0.25) is 0 Å². The van der Waals surface area contributed by atoms with E-state index in [9.17, 15) is 5.11 Å². The summed E-state index contributed by atoms with van der Waals surface area (Å²) in [4.78, 5) is 0.941. The van der Waals surface area contributed by atoms with E-state index in [-0.39, 0.29) is 26.7 Å². The number of ether oxygens (including phenoxy) is 1. The molecule has 0 spiro atoms. The molecule has 0 heterocycles. The first-order valence-corrected chi connectivity index (χ1v) is 23.1. The molecule has 0 radical (unpaired) electrons. The first kappa shape index (κ1) is 40.9. The van der Waals surface area contributed by atoms with Gasteiger partial charge >= 0.3 is 0 Å². The van der Waals surface area contributed by atoms with Gasteiger partial charge < -0.3 is 14.0 Å². The number of fused-ring (bicyclic) bond motifs is 6. The minimum atomic E-state index is -0.928. The van der Waals surface area contributed by atoms with Gasteiger partial charge in [-0.3, -0.25) is 0 Å². The van der Waals surface area contributed by atoms with Crippen molar-refractivity contribution in [1.82, 2.24) is 0 Å². The van der Waals surface area contributed by atoms with Gasteiger partial charge in [0.25, 0.3) is 0 Å². The third kappa shape index (κ3) is 7.14. The molecule has 0 aliphatic heterocycles. The second kappa shape index (κ2) is 14.8. The van der Waals surface area contributed by atoms with Gasteiger partial charge in [0, 0.05) is 10.3 Å². The second-order valence-corrected chi connectivity index (χ2v) is 22.7. The molecule has 12 atom stereocenters. The van der Waals surface area contributed by atoms with E-state index < -0.39 is 10.8 Å². The fourth-order valence-corrected chi connectivity index (χ4v) is 15.3. The number of hydrogen-bond donors (Lipinski definition) is 1. The topological polar surface area (TPSA) is 38.7 Å². The van der Waals surface area contributed by atoms with Gasteiger partial charge in [0.1, 0.15) is 16.6 Å². The summed E-state index contributed by atoms with van der Waals surface area (Å²) in [6.45, 7) is 28.5. The van der Waals surface area contributed by atoms with Crippen molar-refractivity contribution in [1.29, 1.82) is 0 Å². The maximum absolute atomic E-state index is 11.0. The van der Waals surface area contributed by atoms with Crippen LogP contribution in [0, 0.1) is 62.1 Å². The van der Waals surface area contributed by atoms with Crippen LogP contribution in [0.1, 0.15) is 145 Å². The third-order valence-corrected chi connectivity index (χ3v) is 18.8. The number of methoxy groups -OCH3 is 1. The zero-order valence-electron chi connectivity index (χ0n) is 36.1. The molecule has 1 aromatic carbocycles. The van der Waals surface area contributed by atoms with Crippen LogP contribution in [-0.4, -0.2) is 17.3 Å². The van der Waals surface area contributed by atoms with Crippen molar-refractivity contribution in [2.45, 2.75) is 150 Å². The van der Waals surface area contributed by atoms with E-state index in [0.717, 1.165) is 47.5 Å². The zero-order valence-corrected chi connectivity index (χ0v) is 36.9. The zero-order chi connectivity index (χ0) is 39.6. The molecule has 0 saturated heterocycles. The molecular weight excluding hydrogens is 693 g/mol. The predicted octanol–water partition coefficient (Wildman–Crippen LogP) is 14.8. The Kier molecular flexibility index (Phi) is 11.0. The highest BCUT2D eigenvalue weighted by atomic mass is 32.2. The smallest absolute Gasteiger partial charge is 0.118 e. The number of hydrogen-bond acceptors (Lipinski definition) is 2. The highest BCUT2D eigenvalue weighted by molar-refractivity contribution is 8.11. The first-order chi connectivity index (χ1) is 25.9. The van der Waals surface area contributed by atoms with Gasteiger partial charge in [0.15, 0.2) is 0 Å².